The van der Waals surface area contributed by atoms with Gasteiger partial charge in [0.2, 0.25) is 0 Å². The Morgan fingerprint density at radius 3 is 3.00 bits per heavy atom. The number of ether oxygens (including phenoxy) is 1. The first kappa shape index (κ1) is 8.58. The van der Waals surface area contributed by atoms with E-state index in [1.165, 1.54) is 0 Å². The Morgan fingerprint density at radius 1 is 1.43 bits per heavy atom. The molecule has 0 atom stereocenters. The molecule has 2 rings (SSSR count). The van der Waals surface area contributed by atoms with Crippen molar-refractivity contribution >= 4 is 10.9 Å². The van der Waals surface area contributed by atoms with E-state index in [9.17, 15) is 0 Å². The molecule has 68 valence electrons. The van der Waals surface area contributed by atoms with E-state index in [0.29, 0.717) is 0 Å². The van der Waals surface area contributed by atoms with Gasteiger partial charge in [0.1, 0.15) is 11.3 Å². The van der Waals surface area contributed by atoms with Gasteiger partial charge in [-0.3, -0.25) is 4.98 Å². The molecule has 0 fully saturated rings. The zero-order valence-corrected chi connectivity index (χ0v) is 7.82. The summed E-state index contributed by atoms with van der Waals surface area (Å²) in [4.78, 5) is 4.23. The van der Waals surface area contributed by atoms with E-state index in [2.05, 4.69) is 10.9 Å². The Morgan fingerprint density at radius 2 is 2.29 bits per heavy atom. The summed E-state index contributed by atoms with van der Waals surface area (Å²) in [6.45, 7) is 0. The van der Waals surface area contributed by atoms with E-state index in [-0.39, 0.29) is 0 Å². The highest BCUT2D eigenvalue weighted by Gasteiger charge is 2.03. The van der Waals surface area contributed by atoms with E-state index >= 15 is 0 Å². The molecule has 2 aromatic rings. The largest absolute Gasteiger partial charge is 0.494 e. The lowest BCUT2D eigenvalue weighted by atomic mass is 10.1. The molecule has 0 radical (unpaired) electrons. The number of fused-ring (bicyclic) bond motifs is 1. The minimum Gasteiger partial charge on any atom is -0.494 e. The van der Waals surface area contributed by atoms with Crippen molar-refractivity contribution in [2.75, 3.05) is 7.11 Å². The van der Waals surface area contributed by atoms with Crippen LogP contribution in [0.25, 0.3) is 10.9 Å². The minimum atomic E-state index is 0.719. The van der Waals surface area contributed by atoms with Crippen LogP contribution in [-0.2, 0) is 0 Å². The monoisotopic (exact) mass is 183 g/mol. The van der Waals surface area contributed by atoms with Gasteiger partial charge < -0.3 is 4.74 Å². The van der Waals surface area contributed by atoms with E-state index in [1.54, 1.807) is 13.3 Å². The highest BCUT2D eigenvalue weighted by atomic mass is 16.5. The van der Waals surface area contributed by atoms with Gasteiger partial charge in [-0.05, 0) is 18.2 Å². The van der Waals surface area contributed by atoms with E-state index in [1.807, 2.05) is 24.3 Å². The molecule has 0 bridgehead atoms. The Labute approximate surface area is 82.5 Å². The number of hydrogen-bond donors (Lipinski definition) is 0. The van der Waals surface area contributed by atoms with Crippen LogP contribution in [0.1, 0.15) is 5.56 Å². The van der Waals surface area contributed by atoms with Crippen LogP contribution < -0.4 is 4.74 Å². The van der Waals surface area contributed by atoms with Crippen molar-refractivity contribution in [3.05, 3.63) is 36.0 Å². The second-order valence-corrected chi connectivity index (χ2v) is 2.90. The number of terminal acetylenes is 1. The molecule has 0 spiro atoms. The third-order valence-corrected chi connectivity index (χ3v) is 2.06. The van der Waals surface area contributed by atoms with Gasteiger partial charge in [-0.25, -0.2) is 0 Å². The van der Waals surface area contributed by atoms with Gasteiger partial charge in [0.25, 0.3) is 0 Å². The number of nitrogens with zero attached hydrogens (tertiary/aromatic N) is 1. The molecule has 0 amide bonds. The quantitative estimate of drug-likeness (QED) is 0.632. The standard InChI is InChI=1S/C12H9NO/c1-3-9-7-10-5-4-6-13-12(10)11(8-9)14-2/h1,4-8H,2H3. The van der Waals surface area contributed by atoms with Crippen LogP contribution in [0.3, 0.4) is 0 Å². The summed E-state index contributed by atoms with van der Waals surface area (Å²) in [6.07, 6.45) is 7.07. The summed E-state index contributed by atoms with van der Waals surface area (Å²) in [6, 6.07) is 7.58. The molecule has 0 aliphatic carbocycles. The molecule has 0 aliphatic heterocycles. The number of methoxy groups -OCH3 is 1. The first-order valence-corrected chi connectivity index (χ1v) is 4.24. The third kappa shape index (κ3) is 1.29. The molecule has 0 saturated heterocycles. The average Bonchev–Trinajstić information content (AvgIpc) is 2.27. The van der Waals surface area contributed by atoms with E-state index in [4.69, 9.17) is 11.2 Å². The van der Waals surface area contributed by atoms with Gasteiger partial charge in [0.05, 0.1) is 7.11 Å². The highest BCUT2D eigenvalue weighted by Crippen LogP contribution is 2.24. The minimum absolute atomic E-state index is 0.719. The maximum atomic E-state index is 5.34. The Bertz CT molecular complexity index is 511. The number of aromatic nitrogens is 1. The predicted octanol–water partition coefficient (Wildman–Crippen LogP) is 2.22. The highest BCUT2D eigenvalue weighted by molar-refractivity contribution is 5.85. The van der Waals surface area contributed by atoms with Crippen LogP contribution in [0, 0.1) is 12.3 Å². The second kappa shape index (κ2) is 3.39. The van der Waals surface area contributed by atoms with Gasteiger partial charge in [0, 0.05) is 17.1 Å². The molecule has 1 heterocycles. The average molecular weight is 183 g/mol. The normalized spacial score (nSPS) is 9.71. The molecular weight excluding hydrogens is 174 g/mol. The van der Waals surface area contributed by atoms with E-state index in [0.717, 1.165) is 22.2 Å². The Balaban J connectivity index is 2.81. The molecule has 0 unspecified atom stereocenters. The molecule has 1 aromatic carbocycles. The maximum Gasteiger partial charge on any atom is 0.146 e. The van der Waals surface area contributed by atoms with Crippen LogP contribution >= 0.6 is 0 Å². The molecule has 14 heavy (non-hydrogen) atoms. The summed E-state index contributed by atoms with van der Waals surface area (Å²) in [5, 5.41) is 1.000. The lowest BCUT2D eigenvalue weighted by Gasteiger charge is -2.04. The second-order valence-electron chi connectivity index (χ2n) is 2.90. The molecule has 0 saturated carbocycles. The van der Waals surface area contributed by atoms with Crippen molar-refractivity contribution in [3.8, 4) is 18.1 Å². The molecule has 2 nitrogen and oxygen atoms in total. The summed E-state index contributed by atoms with van der Waals surface area (Å²) >= 11 is 0. The summed E-state index contributed by atoms with van der Waals surface area (Å²) in [5.74, 6) is 3.30. The summed E-state index contributed by atoms with van der Waals surface area (Å²) < 4.78 is 5.21. The fraction of sp³-hybridized carbons (Fsp3) is 0.0833. The summed E-state index contributed by atoms with van der Waals surface area (Å²) in [7, 11) is 1.61. The van der Waals surface area contributed by atoms with Crippen molar-refractivity contribution in [3.63, 3.8) is 0 Å². The van der Waals surface area contributed by atoms with Crippen molar-refractivity contribution in [1.29, 1.82) is 0 Å². The van der Waals surface area contributed by atoms with Gasteiger partial charge in [-0.1, -0.05) is 12.0 Å². The zero-order chi connectivity index (χ0) is 9.97. The fourth-order valence-corrected chi connectivity index (χ4v) is 1.40. The topological polar surface area (TPSA) is 22.1 Å². The fourth-order valence-electron chi connectivity index (χ4n) is 1.40. The first-order valence-electron chi connectivity index (χ1n) is 4.24. The van der Waals surface area contributed by atoms with Crippen molar-refractivity contribution < 1.29 is 4.74 Å². The smallest absolute Gasteiger partial charge is 0.146 e. The van der Waals surface area contributed by atoms with Crippen LogP contribution in [0.4, 0.5) is 0 Å². The molecule has 2 heteroatoms. The molecule has 0 N–H and O–H groups in total. The number of pyridine rings is 1. The van der Waals surface area contributed by atoms with Gasteiger partial charge in [-0.15, -0.1) is 6.42 Å². The van der Waals surface area contributed by atoms with Gasteiger partial charge in [0.15, 0.2) is 0 Å². The predicted molar refractivity (Wildman–Crippen MR) is 56.2 cm³/mol. The van der Waals surface area contributed by atoms with E-state index < -0.39 is 0 Å². The number of benzene rings is 1. The lowest BCUT2D eigenvalue weighted by Crippen LogP contribution is -1.88. The SMILES string of the molecule is C#Cc1cc(OC)c2ncccc2c1. The van der Waals surface area contributed by atoms with Crippen LogP contribution in [0.5, 0.6) is 5.75 Å². The molecule has 1 aromatic heterocycles. The summed E-state index contributed by atoms with van der Waals surface area (Å²) in [5.41, 5.74) is 1.65. The van der Waals surface area contributed by atoms with Crippen molar-refractivity contribution in [2.45, 2.75) is 0 Å². The number of rotatable bonds is 1. The molecule has 0 aliphatic rings. The number of hydrogen-bond acceptors (Lipinski definition) is 2. The van der Waals surface area contributed by atoms with Crippen molar-refractivity contribution in [2.24, 2.45) is 0 Å². The Hall–Kier alpha value is -2.01. The van der Waals surface area contributed by atoms with Crippen molar-refractivity contribution in [1.82, 2.24) is 4.98 Å². The van der Waals surface area contributed by atoms with Gasteiger partial charge in [-0.2, -0.15) is 0 Å². The van der Waals surface area contributed by atoms with Crippen LogP contribution in [-0.4, -0.2) is 12.1 Å². The third-order valence-electron chi connectivity index (χ3n) is 2.06. The Kier molecular flexibility index (Phi) is 2.08. The van der Waals surface area contributed by atoms with Crippen LogP contribution in [0.15, 0.2) is 30.5 Å². The maximum absolute atomic E-state index is 5.34. The zero-order valence-electron chi connectivity index (χ0n) is 7.82. The van der Waals surface area contributed by atoms with Crippen LogP contribution in [0.2, 0.25) is 0 Å². The van der Waals surface area contributed by atoms with Gasteiger partial charge >= 0.3 is 0 Å². The molecular formula is C12H9NO. The first-order chi connectivity index (χ1) is 6.85. The lowest BCUT2D eigenvalue weighted by molar-refractivity contribution is 0.419.